The Labute approximate surface area is 129 Å². The minimum atomic E-state index is -4.34. The van der Waals surface area contributed by atoms with Gasteiger partial charge in [0.15, 0.2) is 0 Å². The molecule has 2 N–H and O–H groups in total. The van der Waals surface area contributed by atoms with Gasteiger partial charge in [0, 0.05) is 18.8 Å². The minimum absolute atomic E-state index is 0.168. The van der Waals surface area contributed by atoms with Gasteiger partial charge in [-0.05, 0) is 48.9 Å². The van der Waals surface area contributed by atoms with E-state index in [4.69, 9.17) is 5.73 Å². The fourth-order valence-corrected chi connectivity index (χ4v) is 4.11. The van der Waals surface area contributed by atoms with E-state index >= 15 is 0 Å². The van der Waals surface area contributed by atoms with Crippen molar-refractivity contribution in [2.75, 3.05) is 18.8 Å². The number of anilines is 1. The van der Waals surface area contributed by atoms with Crippen molar-refractivity contribution >= 4 is 5.69 Å². The van der Waals surface area contributed by atoms with Crippen molar-refractivity contribution in [3.8, 4) is 0 Å². The van der Waals surface area contributed by atoms with Crippen molar-refractivity contribution in [2.24, 2.45) is 5.41 Å². The van der Waals surface area contributed by atoms with Gasteiger partial charge in [-0.15, -0.1) is 0 Å². The van der Waals surface area contributed by atoms with E-state index in [0.29, 0.717) is 17.5 Å². The smallest absolute Gasteiger partial charge is 0.399 e. The number of nitrogens with two attached hydrogens (primary N) is 1. The van der Waals surface area contributed by atoms with Gasteiger partial charge in [-0.25, -0.2) is 0 Å². The van der Waals surface area contributed by atoms with Crippen LogP contribution in [0.25, 0.3) is 0 Å². The average Bonchev–Trinajstić information content (AvgIpc) is 2.83. The number of alkyl halides is 3. The molecule has 0 atom stereocenters. The molecule has 2 nitrogen and oxygen atoms in total. The number of halogens is 3. The summed E-state index contributed by atoms with van der Waals surface area (Å²) < 4.78 is 39.5. The van der Waals surface area contributed by atoms with E-state index in [1.807, 2.05) is 0 Å². The van der Waals surface area contributed by atoms with E-state index < -0.39 is 11.7 Å². The van der Waals surface area contributed by atoms with E-state index in [2.05, 4.69) is 4.90 Å². The number of likely N-dealkylation sites (tertiary alicyclic amines) is 1. The molecule has 0 bridgehead atoms. The Balaban J connectivity index is 1.74. The highest BCUT2D eigenvalue weighted by Crippen LogP contribution is 2.44. The van der Waals surface area contributed by atoms with Crippen LogP contribution < -0.4 is 5.73 Å². The Morgan fingerprint density at radius 2 is 1.82 bits per heavy atom. The second kappa shape index (κ2) is 5.76. The molecular formula is C17H23F3N2. The first-order valence-electron chi connectivity index (χ1n) is 8.06. The quantitative estimate of drug-likeness (QED) is 0.818. The predicted octanol–water partition coefficient (Wildman–Crippen LogP) is 4.44. The molecule has 0 aromatic heterocycles. The van der Waals surface area contributed by atoms with Gasteiger partial charge in [-0.2, -0.15) is 13.2 Å². The summed E-state index contributed by atoms with van der Waals surface area (Å²) in [6, 6.07) is 4.16. The molecule has 2 fully saturated rings. The Kier molecular flexibility index (Phi) is 4.10. The minimum Gasteiger partial charge on any atom is -0.399 e. The number of hydrogen-bond donors (Lipinski definition) is 1. The second-order valence-electron chi connectivity index (χ2n) is 6.94. The van der Waals surface area contributed by atoms with Gasteiger partial charge in [0.1, 0.15) is 0 Å². The zero-order chi connectivity index (χ0) is 15.8. The van der Waals surface area contributed by atoms with Crippen molar-refractivity contribution in [3.05, 3.63) is 29.3 Å². The molecular weight excluding hydrogens is 289 g/mol. The SMILES string of the molecule is Nc1ccc(CN2CCC3(CCCCC3)C2)c(C(F)(F)F)c1. The number of hydrogen-bond acceptors (Lipinski definition) is 2. The molecule has 0 amide bonds. The summed E-state index contributed by atoms with van der Waals surface area (Å²) in [6.07, 6.45) is 3.09. The van der Waals surface area contributed by atoms with E-state index in [9.17, 15) is 13.2 Å². The van der Waals surface area contributed by atoms with Crippen molar-refractivity contribution < 1.29 is 13.2 Å². The lowest BCUT2D eigenvalue weighted by Crippen LogP contribution is -2.29. The molecule has 22 heavy (non-hydrogen) atoms. The van der Waals surface area contributed by atoms with Crippen molar-refractivity contribution in [2.45, 2.75) is 51.2 Å². The fraction of sp³-hybridized carbons (Fsp3) is 0.647. The van der Waals surface area contributed by atoms with Crippen LogP contribution in [-0.4, -0.2) is 18.0 Å². The molecule has 1 aromatic carbocycles. The number of nitrogens with zero attached hydrogens (tertiary/aromatic N) is 1. The molecule has 1 aliphatic heterocycles. The number of rotatable bonds is 2. The van der Waals surface area contributed by atoms with Gasteiger partial charge in [0.05, 0.1) is 5.56 Å². The summed E-state index contributed by atoms with van der Waals surface area (Å²) in [5, 5.41) is 0. The van der Waals surface area contributed by atoms with Gasteiger partial charge >= 0.3 is 6.18 Å². The lowest BCUT2D eigenvalue weighted by atomic mass is 9.73. The zero-order valence-corrected chi connectivity index (χ0v) is 12.8. The molecule has 122 valence electrons. The van der Waals surface area contributed by atoms with Gasteiger partial charge in [0.25, 0.3) is 0 Å². The standard InChI is InChI=1S/C17H23F3N2/c18-17(19,20)15-10-14(21)5-4-13(15)11-22-9-8-16(12-22)6-2-1-3-7-16/h4-5,10H,1-3,6-9,11-12,21H2. The highest BCUT2D eigenvalue weighted by molar-refractivity contribution is 5.46. The molecule has 5 heteroatoms. The van der Waals surface area contributed by atoms with Crippen LogP contribution in [0.5, 0.6) is 0 Å². The van der Waals surface area contributed by atoms with Gasteiger partial charge in [0.2, 0.25) is 0 Å². The van der Waals surface area contributed by atoms with Crippen molar-refractivity contribution in [1.29, 1.82) is 0 Å². The van der Waals surface area contributed by atoms with Crippen LogP contribution in [0.1, 0.15) is 49.7 Å². The molecule has 2 aliphatic rings. The van der Waals surface area contributed by atoms with Gasteiger partial charge in [-0.1, -0.05) is 25.3 Å². The molecule has 3 rings (SSSR count). The Morgan fingerprint density at radius 1 is 1.09 bits per heavy atom. The fourth-order valence-electron chi connectivity index (χ4n) is 4.11. The van der Waals surface area contributed by atoms with Crippen molar-refractivity contribution in [3.63, 3.8) is 0 Å². The second-order valence-corrected chi connectivity index (χ2v) is 6.94. The normalized spacial score (nSPS) is 22.3. The van der Waals surface area contributed by atoms with Gasteiger partial charge in [-0.3, -0.25) is 4.90 Å². The van der Waals surface area contributed by atoms with E-state index in [-0.39, 0.29) is 5.69 Å². The maximum absolute atomic E-state index is 13.2. The lowest BCUT2D eigenvalue weighted by molar-refractivity contribution is -0.138. The summed E-state index contributed by atoms with van der Waals surface area (Å²) in [5.41, 5.74) is 5.82. The summed E-state index contributed by atoms with van der Waals surface area (Å²) in [4.78, 5) is 2.19. The average molecular weight is 312 g/mol. The Bertz CT molecular complexity index is 533. The lowest BCUT2D eigenvalue weighted by Gasteiger charge is -2.33. The molecule has 1 heterocycles. The van der Waals surface area contributed by atoms with Gasteiger partial charge < -0.3 is 5.73 Å². The van der Waals surface area contributed by atoms with E-state index in [1.54, 1.807) is 6.07 Å². The maximum Gasteiger partial charge on any atom is 0.416 e. The van der Waals surface area contributed by atoms with Crippen LogP contribution in [0, 0.1) is 5.41 Å². The molecule has 1 spiro atoms. The zero-order valence-electron chi connectivity index (χ0n) is 12.8. The Morgan fingerprint density at radius 3 is 2.50 bits per heavy atom. The third-order valence-corrected chi connectivity index (χ3v) is 5.26. The number of benzene rings is 1. The maximum atomic E-state index is 13.2. The summed E-state index contributed by atoms with van der Waals surface area (Å²) in [5.74, 6) is 0. The molecule has 1 saturated carbocycles. The third-order valence-electron chi connectivity index (χ3n) is 5.26. The van der Waals surface area contributed by atoms with Crippen LogP contribution in [0.3, 0.4) is 0 Å². The Hall–Kier alpha value is -1.23. The molecule has 1 aromatic rings. The summed E-state index contributed by atoms with van der Waals surface area (Å²) in [6.45, 7) is 2.22. The van der Waals surface area contributed by atoms with Crippen LogP contribution in [0.15, 0.2) is 18.2 Å². The molecule has 1 saturated heterocycles. The highest BCUT2D eigenvalue weighted by Gasteiger charge is 2.40. The first kappa shape index (κ1) is 15.7. The monoisotopic (exact) mass is 312 g/mol. The number of nitrogen functional groups attached to an aromatic ring is 1. The van der Waals surface area contributed by atoms with Crippen LogP contribution in [0.4, 0.5) is 18.9 Å². The van der Waals surface area contributed by atoms with Crippen LogP contribution >= 0.6 is 0 Å². The summed E-state index contributed by atoms with van der Waals surface area (Å²) in [7, 11) is 0. The molecule has 0 unspecified atom stereocenters. The van der Waals surface area contributed by atoms with E-state index in [1.165, 1.54) is 38.2 Å². The third kappa shape index (κ3) is 3.24. The first-order chi connectivity index (χ1) is 10.4. The first-order valence-corrected chi connectivity index (χ1v) is 8.06. The summed E-state index contributed by atoms with van der Waals surface area (Å²) >= 11 is 0. The van der Waals surface area contributed by atoms with E-state index in [0.717, 1.165) is 25.6 Å². The topological polar surface area (TPSA) is 29.3 Å². The van der Waals surface area contributed by atoms with Crippen LogP contribution in [0.2, 0.25) is 0 Å². The van der Waals surface area contributed by atoms with Crippen LogP contribution in [-0.2, 0) is 12.7 Å². The highest BCUT2D eigenvalue weighted by atomic mass is 19.4. The molecule has 1 aliphatic carbocycles. The largest absolute Gasteiger partial charge is 0.416 e. The molecule has 0 radical (unpaired) electrons. The predicted molar refractivity (Wildman–Crippen MR) is 81.3 cm³/mol. The van der Waals surface area contributed by atoms with Crippen molar-refractivity contribution in [1.82, 2.24) is 4.90 Å².